The largest absolute Gasteiger partial charge is 0.342 e. The highest BCUT2D eigenvalue weighted by Crippen LogP contribution is 2.17. The molecule has 1 aromatic carbocycles. The van der Waals surface area contributed by atoms with Crippen molar-refractivity contribution in [2.24, 2.45) is 0 Å². The van der Waals surface area contributed by atoms with E-state index < -0.39 is 10.0 Å². The molecule has 0 atom stereocenters. The average molecular weight is 390 g/mol. The van der Waals surface area contributed by atoms with Crippen LogP contribution >= 0.6 is 0 Å². The Labute approximate surface area is 161 Å². The third-order valence-corrected chi connectivity index (χ3v) is 6.34. The quantitative estimate of drug-likeness (QED) is 0.661. The lowest BCUT2D eigenvalue weighted by Crippen LogP contribution is -2.29. The number of rotatable bonds is 9. The maximum absolute atomic E-state index is 12.7. The fourth-order valence-corrected chi connectivity index (χ4v) is 3.79. The van der Waals surface area contributed by atoms with Crippen molar-refractivity contribution in [3.8, 4) is 0 Å². The molecule has 0 aliphatic carbocycles. The van der Waals surface area contributed by atoms with E-state index in [-0.39, 0.29) is 10.8 Å². The summed E-state index contributed by atoms with van der Waals surface area (Å²) >= 11 is 0. The number of nitrogens with zero attached hydrogens (tertiary/aromatic N) is 3. The first kappa shape index (κ1) is 21.1. The van der Waals surface area contributed by atoms with Crippen molar-refractivity contribution in [2.75, 3.05) is 27.2 Å². The molecular weight excluding hydrogens is 362 g/mol. The van der Waals surface area contributed by atoms with Gasteiger partial charge < -0.3 is 4.90 Å². The number of sulfonamides is 1. The van der Waals surface area contributed by atoms with Crippen LogP contribution in [0, 0.1) is 0 Å². The van der Waals surface area contributed by atoms with Gasteiger partial charge in [-0.05, 0) is 54.8 Å². The summed E-state index contributed by atoms with van der Waals surface area (Å²) in [6, 6.07) is 9.90. The van der Waals surface area contributed by atoms with E-state index in [4.69, 9.17) is 0 Å². The van der Waals surface area contributed by atoms with E-state index in [0.29, 0.717) is 25.1 Å². The van der Waals surface area contributed by atoms with Crippen LogP contribution in [0.15, 0.2) is 53.7 Å². The van der Waals surface area contributed by atoms with Gasteiger partial charge in [-0.3, -0.25) is 9.78 Å². The summed E-state index contributed by atoms with van der Waals surface area (Å²) in [6.45, 7) is 3.13. The zero-order valence-electron chi connectivity index (χ0n) is 16.1. The molecule has 0 fully saturated rings. The van der Waals surface area contributed by atoms with E-state index in [9.17, 15) is 13.2 Å². The summed E-state index contributed by atoms with van der Waals surface area (Å²) in [7, 11) is -0.270. The lowest BCUT2D eigenvalue weighted by atomic mass is 10.2. The van der Waals surface area contributed by atoms with Crippen LogP contribution in [0.2, 0.25) is 0 Å². The predicted octanol–water partition coefficient (Wildman–Crippen LogP) is 2.82. The first-order chi connectivity index (χ1) is 12.9. The van der Waals surface area contributed by atoms with Gasteiger partial charge in [-0.1, -0.05) is 13.3 Å². The highest BCUT2D eigenvalue weighted by Gasteiger charge is 2.21. The standard InChI is InChI=1S/C20H27N3O3S/c1-4-5-15-22(2)20(24)18-6-8-19(9-7-18)27(25,26)23(3)16-12-17-10-13-21-14-11-17/h6-11,13-14H,4-5,12,15-16H2,1-3H3. The molecule has 0 saturated carbocycles. The highest BCUT2D eigenvalue weighted by atomic mass is 32.2. The lowest BCUT2D eigenvalue weighted by molar-refractivity contribution is 0.0793. The van der Waals surface area contributed by atoms with Gasteiger partial charge in [0.2, 0.25) is 10.0 Å². The SMILES string of the molecule is CCCCN(C)C(=O)c1ccc(S(=O)(=O)N(C)CCc2ccncc2)cc1. The molecule has 1 heterocycles. The van der Waals surface area contributed by atoms with Crippen LogP contribution < -0.4 is 0 Å². The van der Waals surface area contributed by atoms with E-state index in [1.807, 2.05) is 12.1 Å². The third kappa shape index (κ3) is 5.61. The number of hydrogen-bond acceptors (Lipinski definition) is 4. The molecule has 1 amide bonds. The van der Waals surface area contributed by atoms with Gasteiger partial charge in [-0.2, -0.15) is 0 Å². The van der Waals surface area contributed by atoms with Gasteiger partial charge in [0.15, 0.2) is 0 Å². The average Bonchev–Trinajstić information content (AvgIpc) is 2.70. The molecular formula is C20H27N3O3S. The Morgan fingerprint density at radius 1 is 1.00 bits per heavy atom. The number of carbonyl (C=O) groups excluding carboxylic acids is 1. The van der Waals surface area contributed by atoms with Crippen molar-refractivity contribution in [1.82, 2.24) is 14.2 Å². The smallest absolute Gasteiger partial charge is 0.253 e. The molecule has 0 unspecified atom stereocenters. The first-order valence-electron chi connectivity index (χ1n) is 9.07. The van der Waals surface area contributed by atoms with Gasteiger partial charge in [-0.15, -0.1) is 0 Å². The molecule has 0 saturated heterocycles. The van der Waals surface area contributed by atoms with Crippen molar-refractivity contribution in [2.45, 2.75) is 31.1 Å². The first-order valence-corrected chi connectivity index (χ1v) is 10.5. The Kier molecular flexibility index (Phi) is 7.50. The molecule has 6 nitrogen and oxygen atoms in total. The van der Waals surface area contributed by atoms with Crippen LogP contribution in [0.1, 0.15) is 35.7 Å². The minimum Gasteiger partial charge on any atom is -0.342 e. The normalized spacial score (nSPS) is 11.6. The zero-order valence-corrected chi connectivity index (χ0v) is 16.9. The molecule has 2 aromatic rings. The van der Waals surface area contributed by atoms with Crippen molar-refractivity contribution in [1.29, 1.82) is 0 Å². The van der Waals surface area contributed by atoms with E-state index in [2.05, 4.69) is 11.9 Å². The van der Waals surface area contributed by atoms with Crippen molar-refractivity contribution >= 4 is 15.9 Å². The van der Waals surface area contributed by atoms with Crippen LogP contribution in [0.25, 0.3) is 0 Å². The van der Waals surface area contributed by atoms with Gasteiger partial charge in [0.05, 0.1) is 4.90 Å². The summed E-state index contributed by atoms with van der Waals surface area (Å²) in [4.78, 5) is 18.2. The molecule has 0 bridgehead atoms. The van der Waals surface area contributed by atoms with Gasteiger partial charge in [0.25, 0.3) is 5.91 Å². The van der Waals surface area contributed by atoms with Crippen molar-refractivity contribution in [3.05, 3.63) is 59.9 Å². The Morgan fingerprint density at radius 3 is 2.22 bits per heavy atom. The van der Waals surface area contributed by atoms with Crippen LogP contribution in [-0.4, -0.2) is 55.7 Å². The number of carbonyl (C=O) groups is 1. The molecule has 7 heteroatoms. The summed E-state index contributed by atoms with van der Waals surface area (Å²) in [6.07, 6.45) is 5.95. The monoisotopic (exact) mass is 389 g/mol. The minimum absolute atomic E-state index is 0.0987. The van der Waals surface area contributed by atoms with Gasteiger partial charge in [-0.25, -0.2) is 12.7 Å². The zero-order chi connectivity index (χ0) is 19.9. The van der Waals surface area contributed by atoms with E-state index >= 15 is 0 Å². The lowest BCUT2D eigenvalue weighted by Gasteiger charge is -2.19. The third-order valence-electron chi connectivity index (χ3n) is 4.47. The number of pyridine rings is 1. The molecule has 0 spiro atoms. The molecule has 0 N–H and O–H groups in total. The Bertz CT molecular complexity index is 837. The number of unbranched alkanes of at least 4 members (excludes halogenated alkanes) is 1. The van der Waals surface area contributed by atoms with Crippen molar-refractivity contribution in [3.63, 3.8) is 0 Å². The molecule has 0 radical (unpaired) electrons. The van der Waals surface area contributed by atoms with Crippen LogP contribution in [0.4, 0.5) is 0 Å². The van der Waals surface area contributed by atoms with Gasteiger partial charge in [0.1, 0.15) is 0 Å². The molecule has 2 rings (SSSR count). The summed E-state index contributed by atoms with van der Waals surface area (Å²) < 4.78 is 26.8. The molecule has 27 heavy (non-hydrogen) atoms. The second-order valence-electron chi connectivity index (χ2n) is 6.54. The number of benzene rings is 1. The second-order valence-corrected chi connectivity index (χ2v) is 8.58. The summed E-state index contributed by atoms with van der Waals surface area (Å²) in [5, 5.41) is 0. The molecule has 1 aromatic heterocycles. The topological polar surface area (TPSA) is 70.6 Å². The molecule has 0 aliphatic heterocycles. The minimum atomic E-state index is -3.59. The van der Waals surface area contributed by atoms with E-state index in [0.717, 1.165) is 18.4 Å². The van der Waals surface area contributed by atoms with Crippen molar-refractivity contribution < 1.29 is 13.2 Å². The molecule has 146 valence electrons. The second kappa shape index (κ2) is 9.62. The Hall–Kier alpha value is -2.25. The fourth-order valence-electron chi connectivity index (χ4n) is 2.62. The van der Waals surface area contributed by atoms with Gasteiger partial charge in [0, 0.05) is 45.1 Å². The summed E-state index contributed by atoms with van der Waals surface area (Å²) in [5.74, 6) is -0.0987. The predicted molar refractivity (Wildman–Crippen MR) is 106 cm³/mol. The van der Waals surface area contributed by atoms with Crippen LogP contribution in [0.3, 0.4) is 0 Å². The Balaban J connectivity index is 2.04. The van der Waals surface area contributed by atoms with E-state index in [1.54, 1.807) is 43.5 Å². The van der Waals surface area contributed by atoms with Crippen LogP contribution in [0.5, 0.6) is 0 Å². The number of aromatic nitrogens is 1. The number of hydrogen-bond donors (Lipinski definition) is 0. The molecule has 0 aliphatic rings. The highest BCUT2D eigenvalue weighted by molar-refractivity contribution is 7.89. The van der Waals surface area contributed by atoms with Crippen LogP contribution in [-0.2, 0) is 16.4 Å². The Morgan fingerprint density at radius 2 is 1.63 bits per heavy atom. The van der Waals surface area contributed by atoms with E-state index in [1.165, 1.54) is 16.4 Å². The maximum atomic E-state index is 12.7. The fraction of sp³-hybridized carbons (Fsp3) is 0.400. The number of amides is 1. The maximum Gasteiger partial charge on any atom is 0.253 e. The summed E-state index contributed by atoms with van der Waals surface area (Å²) in [5.41, 5.74) is 1.52. The number of likely N-dealkylation sites (N-methyl/N-ethyl adjacent to an activating group) is 1. The van der Waals surface area contributed by atoms with Gasteiger partial charge >= 0.3 is 0 Å².